The number of nitrogens with zero attached hydrogens (tertiary/aromatic N) is 2. The van der Waals surface area contributed by atoms with E-state index in [1.165, 1.54) is 37.4 Å². The Kier molecular flexibility index (Phi) is 7.08. The van der Waals surface area contributed by atoms with E-state index >= 15 is 0 Å². The lowest BCUT2D eigenvalue weighted by Gasteiger charge is -2.27. The van der Waals surface area contributed by atoms with Gasteiger partial charge >= 0.3 is 5.97 Å². The fourth-order valence-electron chi connectivity index (χ4n) is 4.66. The van der Waals surface area contributed by atoms with Crippen LogP contribution >= 0.6 is 0 Å². The number of furan rings is 1. The predicted molar refractivity (Wildman–Crippen MR) is 142 cm³/mol. The van der Waals surface area contributed by atoms with Gasteiger partial charge in [-0.15, -0.1) is 0 Å². The SMILES string of the molecule is CNC(=O)c1c(-c2ccc(F)cc2)oc2cc(CN(c3ccc([N+](=O)[O-])c(C(=O)O)c3)S(=O)[O-])c(C3CC3)cc12. The highest BCUT2D eigenvalue weighted by Crippen LogP contribution is 2.45. The largest absolute Gasteiger partial charge is 0.755 e. The standard InChI is InChI=1S/C27H22FN3O8S/c1-29-26(32)24-21-12-19(14-2-3-14)16(10-23(21)39-25(24)15-4-6-17(28)7-5-15)13-30(40(37)38)18-8-9-22(31(35)36)20(11-18)27(33)34/h4-12,14H,2-3,13H2,1H3,(H,29,32)(H,33,34)(H,37,38)/p-1. The molecule has 0 spiro atoms. The summed E-state index contributed by atoms with van der Waals surface area (Å²) in [6.45, 7) is -0.226. The van der Waals surface area contributed by atoms with E-state index in [-0.39, 0.29) is 29.5 Å². The van der Waals surface area contributed by atoms with E-state index in [0.29, 0.717) is 22.1 Å². The zero-order valence-corrected chi connectivity index (χ0v) is 21.7. The monoisotopic (exact) mass is 566 g/mol. The molecule has 206 valence electrons. The molecule has 2 N–H and O–H groups in total. The Morgan fingerprint density at radius 3 is 2.45 bits per heavy atom. The summed E-state index contributed by atoms with van der Waals surface area (Å²) in [5.41, 5.74) is 0.972. The Morgan fingerprint density at radius 2 is 1.88 bits per heavy atom. The molecule has 1 unspecified atom stereocenters. The van der Waals surface area contributed by atoms with Crippen molar-refractivity contribution in [3.05, 3.63) is 92.8 Å². The van der Waals surface area contributed by atoms with Crippen LogP contribution in [0.5, 0.6) is 0 Å². The van der Waals surface area contributed by atoms with Crippen LogP contribution in [-0.2, 0) is 17.8 Å². The van der Waals surface area contributed by atoms with Gasteiger partial charge < -0.3 is 19.4 Å². The molecule has 1 aliphatic rings. The van der Waals surface area contributed by atoms with E-state index in [1.54, 1.807) is 12.1 Å². The number of carboxylic acids is 1. The summed E-state index contributed by atoms with van der Waals surface area (Å²) in [6.07, 6.45) is 1.69. The second kappa shape index (κ2) is 10.5. The molecule has 1 aliphatic carbocycles. The van der Waals surface area contributed by atoms with Crippen molar-refractivity contribution < 1.29 is 37.2 Å². The van der Waals surface area contributed by atoms with Gasteiger partial charge in [-0.05, 0) is 78.4 Å². The van der Waals surface area contributed by atoms with Crippen molar-refractivity contribution in [1.29, 1.82) is 0 Å². The van der Waals surface area contributed by atoms with E-state index in [2.05, 4.69) is 5.32 Å². The molecular weight excluding hydrogens is 545 g/mol. The van der Waals surface area contributed by atoms with Crippen molar-refractivity contribution in [2.75, 3.05) is 11.4 Å². The third-order valence-electron chi connectivity index (χ3n) is 6.72. The Hall–Kier alpha value is -4.62. The molecule has 0 saturated heterocycles. The number of carbonyl (C=O) groups excluding carboxylic acids is 1. The van der Waals surface area contributed by atoms with Crippen LogP contribution in [0.15, 0.2) is 59.0 Å². The number of carbonyl (C=O) groups is 2. The van der Waals surface area contributed by atoms with Crippen LogP contribution in [0, 0.1) is 15.9 Å². The fraction of sp³-hybridized carbons (Fsp3) is 0.185. The van der Waals surface area contributed by atoms with Gasteiger partial charge in [-0.3, -0.25) is 23.4 Å². The van der Waals surface area contributed by atoms with Gasteiger partial charge in [0.15, 0.2) is 0 Å². The molecule has 0 aliphatic heterocycles. The summed E-state index contributed by atoms with van der Waals surface area (Å²) in [5.74, 6) is -2.12. The number of halogens is 1. The van der Waals surface area contributed by atoms with Crippen LogP contribution in [0.3, 0.4) is 0 Å². The second-order valence-electron chi connectivity index (χ2n) is 9.23. The number of carboxylic acid groups (broad SMARTS) is 1. The van der Waals surface area contributed by atoms with Crippen molar-refractivity contribution in [2.24, 2.45) is 0 Å². The van der Waals surface area contributed by atoms with Crippen LogP contribution in [-0.4, -0.2) is 37.7 Å². The zero-order valence-electron chi connectivity index (χ0n) is 20.9. The molecule has 1 aromatic heterocycles. The molecule has 1 heterocycles. The summed E-state index contributed by atoms with van der Waals surface area (Å²) in [6, 6.07) is 11.9. The van der Waals surface area contributed by atoms with E-state index < -0.39 is 45.1 Å². The molecule has 13 heteroatoms. The maximum atomic E-state index is 13.6. The minimum atomic E-state index is -2.88. The Labute approximate surface area is 228 Å². The number of hydrogen-bond acceptors (Lipinski definition) is 7. The van der Waals surface area contributed by atoms with E-state index in [1.807, 2.05) is 0 Å². The van der Waals surface area contributed by atoms with Gasteiger partial charge in [0.1, 0.15) is 22.7 Å². The van der Waals surface area contributed by atoms with Gasteiger partial charge in [0.2, 0.25) is 0 Å². The second-order valence-corrected chi connectivity index (χ2v) is 10.1. The molecule has 3 aromatic carbocycles. The number of nitrogens with one attached hydrogen (secondary N) is 1. The first-order valence-corrected chi connectivity index (χ1v) is 13.1. The van der Waals surface area contributed by atoms with Crippen molar-refractivity contribution in [2.45, 2.75) is 25.3 Å². The number of benzene rings is 3. The van der Waals surface area contributed by atoms with Gasteiger partial charge in [-0.2, -0.15) is 0 Å². The third kappa shape index (κ3) is 5.03. The van der Waals surface area contributed by atoms with Gasteiger partial charge in [-0.25, -0.2) is 9.18 Å². The fourth-order valence-corrected chi connectivity index (χ4v) is 5.19. The minimum absolute atomic E-state index is 0.0735. The van der Waals surface area contributed by atoms with Gasteiger partial charge in [0.05, 0.1) is 17.0 Å². The topological polar surface area (TPSA) is 166 Å². The summed E-state index contributed by atoms with van der Waals surface area (Å²) >= 11 is -2.88. The molecular formula is C27H21FN3O8S-. The molecule has 1 fully saturated rings. The number of aromatic carboxylic acids is 1. The van der Waals surface area contributed by atoms with E-state index in [9.17, 15) is 38.0 Å². The minimum Gasteiger partial charge on any atom is -0.755 e. The van der Waals surface area contributed by atoms with E-state index in [0.717, 1.165) is 34.8 Å². The molecule has 1 amide bonds. The number of nitro benzene ring substituents is 1. The highest BCUT2D eigenvalue weighted by Gasteiger charge is 2.31. The average molecular weight is 567 g/mol. The quantitative estimate of drug-likeness (QED) is 0.164. The molecule has 40 heavy (non-hydrogen) atoms. The summed E-state index contributed by atoms with van der Waals surface area (Å²) < 4.78 is 45.1. The number of hydrogen-bond donors (Lipinski definition) is 2. The maximum Gasteiger partial charge on any atom is 0.342 e. The van der Waals surface area contributed by atoms with Crippen molar-refractivity contribution in [3.63, 3.8) is 0 Å². The Balaban J connectivity index is 1.64. The summed E-state index contributed by atoms with van der Waals surface area (Å²) in [5, 5.41) is 23.8. The normalized spacial score (nSPS) is 13.7. The number of fused-ring (bicyclic) bond motifs is 1. The lowest BCUT2D eigenvalue weighted by Crippen LogP contribution is -2.26. The molecule has 1 saturated carbocycles. The number of nitro groups is 1. The van der Waals surface area contributed by atoms with Crippen LogP contribution in [0.2, 0.25) is 0 Å². The highest BCUT2D eigenvalue weighted by atomic mass is 32.2. The van der Waals surface area contributed by atoms with Gasteiger partial charge in [0, 0.05) is 41.0 Å². The average Bonchev–Trinajstić information content (AvgIpc) is 3.71. The first kappa shape index (κ1) is 27.0. The number of anilines is 1. The van der Waals surface area contributed by atoms with Gasteiger partial charge in [-0.1, -0.05) is 0 Å². The Bertz CT molecular complexity index is 1700. The lowest BCUT2D eigenvalue weighted by molar-refractivity contribution is -0.385. The molecule has 5 rings (SSSR count). The third-order valence-corrected chi connectivity index (χ3v) is 7.42. The molecule has 0 bridgehead atoms. The summed E-state index contributed by atoms with van der Waals surface area (Å²) in [4.78, 5) is 34.9. The van der Waals surface area contributed by atoms with E-state index in [4.69, 9.17) is 4.42 Å². The highest BCUT2D eigenvalue weighted by molar-refractivity contribution is 7.80. The number of amides is 1. The van der Waals surface area contributed by atoms with Crippen LogP contribution in [0.25, 0.3) is 22.3 Å². The predicted octanol–water partition coefficient (Wildman–Crippen LogP) is 4.88. The molecule has 0 radical (unpaired) electrons. The Morgan fingerprint density at radius 1 is 1.18 bits per heavy atom. The van der Waals surface area contributed by atoms with Crippen molar-refractivity contribution in [3.8, 4) is 11.3 Å². The summed E-state index contributed by atoms with van der Waals surface area (Å²) in [7, 11) is 1.47. The van der Waals surface area contributed by atoms with Crippen molar-refractivity contribution >= 4 is 45.5 Å². The van der Waals surface area contributed by atoms with Gasteiger partial charge in [0.25, 0.3) is 11.6 Å². The zero-order chi connectivity index (χ0) is 28.7. The first-order valence-electron chi connectivity index (χ1n) is 12.0. The number of rotatable bonds is 9. The smallest absolute Gasteiger partial charge is 0.342 e. The molecule has 11 nitrogen and oxygen atoms in total. The van der Waals surface area contributed by atoms with Crippen LogP contribution < -0.4 is 9.62 Å². The molecule has 4 aromatic rings. The molecule has 1 atom stereocenters. The maximum absolute atomic E-state index is 13.6. The first-order chi connectivity index (χ1) is 19.1. The van der Waals surface area contributed by atoms with Crippen LogP contribution in [0.1, 0.15) is 50.6 Å². The lowest BCUT2D eigenvalue weighted by atomic mass is 9.97. The van der Waals surface area contributed by atoms with Crippen molar-refractivity contribution in [1.82, 2.24) is 5.32 Å². The van der Waals surface area contributed by atoms with Crippen LogP contribution in [0.4, 0.5) is 15.8 Å².